The molecule has 1 aromatic rings. The molecule has 6 nitrogen and oxygen atoms in total. The van der Waals surface area contributed by atoms with E-state index >= 15 is 0 Å². The van der Waals surface area contributed by atoms with Crippen molar-refractivity contribution in [3.63, 3.8) is 0 Å². The van der Waals surface area contributed by atoms with Crippen molar-refractivity contribution >= 4 is 29.2 Å². The van der Waals surface area contributed by atoms with Crippen LogP contribution in [-0.4, -0.2) is 36.2 Å². The van der Waals surface area contributed by atoms with Crippen LogP contribution in [-0.2, 0) is 9.59 Å². The molecule has 0 bridgehead atoms. The van der Waals surface area contributed by atoms with Gasteiger partial charge in [-0.3, -0.25) is 4.79 Å². The molecule has 0 aliphatic rings. The molecular weight excluding hydrogens is 284 g/mol. The number of nitrogens with two attached hydrogens (primary N) is 1. The van der Waals surface area contributed by atoms with E-state index in [4.69, 9.17) is 16.7 Å². The lowest BCUT2D eigenvalue weighted by Crippen LogP contribution is -2.94. The largest absolute Gasteiger partial charge is 0.544 e. The van der Waals surface area contributed by atoms with Crippen molar-refractivity contribution in [3.8, 4) is 0 Å². The number of quaternary nitrogens is 1. The Morgan fingerprint density at radius 2 is 2.20 bits per heavy atom. The van der Waals surface area contributed by atoms with Crippen LogP contribution in [0, 0.1) is 6.92 Å². The van der Waals surface area contributed by atoms with Crippen molar-refractivity contribution < 1.29 is 25.1 Å². The Bertz CT molecular complexity index is 493. The highest BCUT2D eigenvalue weighted by atomic mass is 35.5. The maximum absolute atomic E-state index is 11.8. The number of anilines is 1. The van der Waals surface area contributed by atoms with Crippen LogP contribution < -0.4 is 15.7 Å². The number of amides is 1. The number of aryl methyl sites for hydroxylation is 1. The first-order chi connectivity index (χ1) is 9.43. The Morgan fingerprint density at radius 3 is 2.80 bits per heavy atom. The van der Waals surface area contributed by atoms with Crippen LogP contribution in [0.3, 0.4) is 0 Å². The summed E-state index contributed by atoms with van der Waals surface area (Å²) in [5.41, 5.74) is 1.37. The van der Waals surface area contributed by atoms with Gasteiger partial charge < -0.3 is 25.6 Å². The second-order valence-corrected chi connectivity index (χ2v) is 4.82. The molecule has 0 unspecified atom stereocenters. The zero-order chi connectivity index (χ0) is 15.1. The number of aliphatic hydroxyl groups excluding tert-OH is 1. The summed E-state index contributed by atoms with van der Waals surface area (Å²) in [4.78, 5) is 22.7. The number of halogens is 1. The summed E-state index contributed by atoms with van der Waals surface area (Å²) in [6.07, 6.45) is -0.242. The molecule has 1 aromatic carbocycles. The minimum atomic E-state index is -1.34. The average molecular weight is 301 g/mol. The normalized spacial score (nSPS) is 11.9. The maximum atomic E-state index is 11.8. The zero-order valence-electron chi connectivity index (χ0n) is 11.1. The third kappa shape index (κ3) is 5.16. The van der Waals surface area contributed by atoms with Crippen molar-refractivity contribution in [3.05, 3.63) is 28.8 Å². The number of carboxylic acid groups (broad SMARTS) is 1. The molecule has 110 valence electrons. The van der Waals surface area contributed by atoms with E-state index in [0.717, 1.165) is 5.56 Å². The fraction of sp³-hybridized carbons (Fsp3) is 0.385. The van der Waals surface area contributed by atoms with Crippen LogP contribution in [0.15, 0.2) is 18.2 Å². The lowest BCUT2D eigenvalue weighted by Gasteiger charge is -2.16. The number of aliphatic hydroxyl groups is 1. The summed E-state index contributed by atoms with van der Waals surface area (Å²) in [6.45, 7) is 1.83. The lowest BCUT2D eigenvalue weighted by molar-refractivity contribution is -0.683. The first-order valence-electron chi connectivity index (χ1n) is 6.15. The molecule has 0 fully saturated rings. The van der Waals surface area contributed by atoms with Gasteiger partial charge in [-0.1, -0.05) is 17.7 Å². The van der Waals surface area contributed by atoms with E-state index in [-0.39, 0.29) is 19.6 Å². The van der Waals surface area contributed by atoms with Crippen LogP contribution >= 0.6 is 11.6 Å². The Kier molecular flexibility index (Phi) is 6.44. The van der Waals surface area contributed by atoms with E-state index in [9.17, 15) is 14.7 Å². The Morgan fingerprint density at radius 1 is 1.50 bits per heavy atom. The summed E-state index contributed by atoms with van der Waals surface area (Å²) in [6, 6.07) is 4.03. The molecule has 20 heavy (non-hydrogen) atoms. The highest BCUT2D eigenvalue weighted by Gasteiger charge is 2.18. The second-order valence-electron chi connectivity index (χ2n) is 4.39. The van der Waals surface area contributed by atoms with Gasteiger partial charge in [0.1, 0.15) is 6.04 Å². The lowest BCUT2D eigenvalue weighted by atomic mass is 10.1. The van der Waals surface area contributed by atoms with Crippen molar-refractivity contribution in [1.29, 1.82) is 0 Å². The minimum Gasteiger partial charge on any atom is -0.544 e. The van der Waals surface area contributed by atoms with Crippen LogP contribution in [0.2, 0.25) is 5.02 Å². The minimum absolute atomic E-state index is 0.168. The molecule has 0 heterocycles. The molecule has 1 amide bonds. The molecular formula is C13H17ClN2O4. The summed E-state index contributed by atoms with van der Waals surface area (Å²) >= 11 is 5.84. The number of carboxylic acids is 1. The fourth-order valence-electron chi connectivity index (χ4n) is 1.67. The summed E-state index contributed by atoms with van der Waals surface area (Å²) < 4.78 is 0. The first kappa shape index (κ1) is 16.4. The van der Waals surface area contributed by atoms with E-state index in [1.54, 1.807) is 25.1 Å². The van der Waals surface area contributed by atoms with Gasteiger partial charge in [-0.05, 0) is 24.6 Å². The summed E-state index contributed by atoms with van der Waals surface area (Å²) in [5, 5.41) is 24.0. The SMILES string of the molecule is Cc1ccc(Cl)cc1NC(=O)C[C@H]([NH2+]CCO)C(=O)[O-]. The Labute approximate surface area is 121 Å². The van der Waals surface area contributed by atoms with E-state index < -0.39 is 17.9 Å². The van der Waals surface area contributed by atoms with Crippen LogP contribution in [0.5, 0.6) is 0 Å². The number of hydrogen-bond acceptors (Lipinski definition) is 4. The van der Waals surface area contributed by atoms with Crippen LogP contribution in [0.1, 0.15) is 12.0 Å². The smallest absolute Gasteiger partial charge is 0.230 e. The zero-order valence-corrected chi connectivity index (χ0v) is 11.8. The van der Waals surface area contributed by atoms with Gasteiger partial charge in [0.15, 0.2) is 0 Å². The Hall–Kier alpha value is -1.63. The number of rotatable bonds is 7. The number of hydrogen-bond donors (Lipinski definition) is 3. The van der Waals surface area contributed by atoms with E-state index in [1.165, 1.54) is 5.32 Å². The molecule has 0 aliphatic heterocycles. The van der Waals surface area contributed by atoms with Crippen molar-refractivity contribution in [2.75, 3.05) is 18.5 Å². The predicted octanol–water partition coefficient (Wildman–Crippen LogP) is -1.35. The van der Waals surface area contributed by atoms with E-state index in [0.29, 0.717) is 10.7 Å². The number of carbonyl (C=O) groups excluding carboxylic acids is 2. The number of aliphatic carboxylic acids is 1. The molecule has 0 spiro atoms. The molecule has 7 heteroatoms. The number of nitrogens with one attached hydrogen (secondary N) is 1. The topological polar surface area (TPSA) is 106 Å². The first-order valence-corrected chi connectivity index (χ1v) is 6.53. The third-order valence-electron chi connectivity index (χ3n) is 2.76. The van der Waals surface area contributed by atoms with Crippen molar-refractivity contribution in [1.82, 2.24) is 0 Å². The molecule has 1 rings (SSSR count). The second kappa shape index (κ2) is 7.84. The number of carbonyl (C=O) groups is 2. The molecule has 0 aromatic heterocycles. The van der Waals surface area contributed by atoms with Crippen LogP contribution in [0.25, 0.3) is 0 Å². The third-order valence-corrected chi connectivity index (χ3v) is 3.00. The standard InChI is InChI=1S/C13H17ClN2O4/c1-8-2-3-9(14)6-10(8)16-12(18)7-11(13(19)20)15-4-5-17/h2-3,6,11,15,17H,4-5,7H2,1H3,(H,16,18)(H,19,20)/t11-/m0/s1. The quantitative estimate of drug-likeness (QED) is 0.579. The van der Waals surface area contributed by atoms with Gasteiger partial charge in [0.25, 0.3) is 0 Å². The average Bonchev–Trinajstić information content (AvgIpc) is 2.38. The van der Waals surface area contributed by atoms with E-state index in [2.05, 4.69) is 5.32 Å². The highest BCUT2D eigenvalue weighted by Crippen LogP contribution is 2.20. The van der Waals surface area contributed by atoms with E-state index in [1.807, 2.05) is 0 Å². The maximum Gasteiger partial charge on any atom is 0.230 e. The molecule has 0 radical (unpaired) electrons. The molecule has 1 atom stereocenters. The van der Waals surface area contributed by atoms with Crippen LogP contribution in [0.4, 0.5) is 5.69 Å². The van der Waals surface area contributed by atoms with Gasteiger partial charge in [0, 0.05) is 10.7 Å². The van der Waals surface area contributed by atoms with Gasteiger partial charge in [-0.15, -0.1) is 0 Å². The Balaban J connectivity index is 2.65. The number of benzene rings is 1. The fourth-order valence-corrected chi connectivity index (χ4v) is 1.84. The van der Waals surface area contributed by atoms with Gasteiger partial charge in [0.05, 0.1) is 25.5 Å². The summed E-state index contributed by atoms with van der Waals surface area (Å²) in [7, 11) is 0. The van der Waals surface area contributed by atoms with Gasteiger partial charge in [0.2, 0.25) is 5.91 Å². The summed E-state index contributed by atoms with van der Waals surface area (Å²) in [5.74, 6) is -1.78. The highest BCUT2D eigenvalue weighted by molar-refractivity contribution is 6.31. The molecule has 0 saturated carbocycles. The monoisotopic (exact) mass is 300 g/mol. The van der Waals surface area contributed by atoms with Gasteiger partial charge in [-0.25, -0.2) is 0 Å². The van der Waals surface area contributed by atoms with Gasteiger partial charge >= 0.3 is 0 Å². The molecule has 4 N–H and O–H groups in total. The van der Waals surface area contributed by atoms with Crippen molar-refractivity contribution in [2.45, 2.75) is 19.4 Å². The molecule has 0 aliphatic carbocycles. The van der Waals surface area contributed by atoms with Crippen molar-refractivity contribution in [2.24, 2.45) is 0 Å². The predicted molar refractivity (Wildman–Crippen MR) is 72.1 cm³/mol. The molecule has 0 saturated heterocycles. The van der Waals surface area contributed by atoms with Gasteiger partial charge in [-0.2, -0.15) is 0 Å².